The number of rotatable bonds is 3. The molecule has 1 aromatic heterocycles. The molecule has 1 atom stereocenters. The number of hydrogen-bond donors (Lipinski definition) is 1. The molecule has 1 unspecified atom stereocenters. The molecule has 1 N–H and O–H groups in total. The van der Waals surface area contributed by atoms with Gasteiger partial charge in [0.25, 0.3) is 0 Å². The average molecular weight is 396 g/mol. The molecular formula is C17H18ClN3O4S. The molecule has 0 aliphatic carbocycles. The van der Waals surface area contributed by atoms with E-state index >= 15 is 0 Å². The Morgan fingerprint density at radius 1 is 1.38 bits per heavy atom. The van der Waals surface area contributed by atoms with Crippen molar-refractivity contribution in [2.24, 2.45) is 4.40 Å². The molecule has 0 spiro atoms. The van der Waals surface area contributed by atoms with Gasteiger partial charge >= 0.3 is 5.97 Å². The second-order valence-corrected chi connectivity index (χ2v) is 9.04. The summed E-state index contributed by atoms with van der Waals surface area (Å²) in [4.78, 5) is 11.3. The molecule has 0 radical (unpaired) electrons. The monoisotopic (exact) mass is 395 g/mol. The van der Waals surface area contributed by atoms with Crippen LogP contribution in [0.25, 0.3) is 5.69 Å². The first-order valence-electron chi connectivity index (χ1n) is 7.87. The van der Waals surface area contributed by atoms with Crippen LogP contribution in [0.2, 0.25) is 5.02 Å². The molecule has 9 heteroatoms. The van der Waals surface area contributed by atoms with Crippen molar-refractivity contribution in [2.75, 3.05) is 6.61 Å². The molecule has 1 aliphatic heterocycles. The highest BCUT2D eigenvalue weighted by atomic mass is 35.5. The van der Waals surface area contributed by atoms with Crippen LogP contribution in [0.15, 0.2) is 28.8 Å². The van der Waals surface area contributed by atoms with E-state index in [2.05, 4.69) is 9.50 Å². The van der Waals surface area contributed by atoms with Crippen LogP contribution in [0.1, 0.15) is 42.4 Å². The summed E-state index contributed by atoms with van der Waals surface area (Å²) in [7, 11) is -1.42. The Bertz CT molecular complexity index is 931. The minimum Gasteiger partial charge on any atom is -0.478 e. The van der Waals surface area contributed by atoms with Crippen molar-refractivity contribution in [1.29, 1.82) is 0 Å². The summed E-state index contributed by atoms with van der Waals surface area (Å²) in [6.07, 6.45) is 1.61. The fraction of sp³-hybridized carbons (Fsp3) is 0.353. The van der Waals surface area contributed by atoms with Gasteiger partial charge in [0.1, 0.15) is 11.0 Å². The Labute approximate surface area is 158 Å². The highest BCUT2D eigenvalue weighted by molar-refractivity contribution is 7.85. The summed E-state index contributed by atoms with van der Waals surface area (Å²) < 4.78 is 23.3. The van der Waals surface area contributed by atoms with Crippen LogP contribution >= 0.6 is 11.6 Å². The van der Waals surface area contributed by atoms with E-state index in [1.165, 1.54) is 6.07 Å². The van der Waals surface area contributed by atoms with Gasteiger partial charge in [-0.1, -0.05) is 17.7 Å². The number of nitrogens with zero attached hydrogens (tertiary/aromatic N) is 3. The second-order valence-electron chi connectivity index (χ2n) is 6.75. The zero-order chi connectivity index (χ0) is 19.1. The van der Waals surface area contributed by atoms with E-state index in [-0.39, 0.29) is 23.8 Å². The lowest BCUT2D eigenvalue weighted by molar-refractivity contribution is 0.0697. The molecular weight excluding hydrogens is 378 g/mol. The number of carbonyl (C=O) groups is 1. The lowest BCUT2D eigenvalue weighted by Crippen LogP contribution is -2.25. The number of aromatic carboxylic acids is 1. The summed E-state index contributed by atoms with van der Waals surface area (Å²) in [6.45, 7) is 6.04. The van der Waals surface area contributed by atoms with Crippen molar-refractivity contribution in [3.8, 4) is 5.69 Å². The number of hydrogen-bond acceptors (Lipinski definition) is 4. The largest absolute Gasteiger partial charge is 0.478 e. The van der Waals surface area contributed by atoms with Gasteiger partial charge in [-0.05, 0) is 32.9 Å². The number of carboxylic acids is 1. The van der Waals surface area contributed by atoms with Crippen LogP contribution < -0.4 is 0 Å². The standard InChI is InChI=1S/C17H18ClN3O4S/c1-17(2,3)26(24)20-12-8-25-9-14-11(12)7-19-21(14)13-6-4-5-10(15(13)18)16(22)23/h4-7H,8-9H2,1-3H3,(H,22,23). The first-order chi connectivity index (χ1) is 12.2. The van der Waals surface area contributed by atoms with E-state index in [4.69, 9.17) is 16.3 Å². The number of carboxylic acid groups (broad SMARTS) is 1. The van der Waals surface area contributed by atoms with Gasteiger partial charge in [0.15, 0.2) is 0 Å². The normalized spacial score (nSPS) is 17.2. The number of aromatic nitrogens is 2. The first-order valence-corrected chi connectivity index (χ1v) is 9.35. The van der Waals surface area contributed by atoms with Gasteiger partial charge in [0.05, 0.1) is 51.8 Å². The van der Waals surface area contributed by atoms with Crippen molar-refractivity contribution >= 4 is 34.3 Å². The van der Waals surface area contributed by atoms with Gasteiger partial charge in [0.2, 0.25) is 0 Å². The highest BCUT2D eigenvalue weighted by Gasteiger charge is 2.26. The van der Waals surface area contributed by atoms with Crippen molar-refractivity contribution in [3.63, 3.8) is 0 Å². The van der Waals surface area contributed by atoms with Gasteiger partial charge < -0.3 is 9.84 Å². The van der Waals surface area contributed by atoms with E-state index in [1.807, 2.05) is 20.8 Å². The summed E-state index contributed by atoms with van der Waals surface area (Å²) in [5.41, 5.74) is 2.40. The SMILES string of the molecule is CC(C)(C)S(=O)N=C1COCc2c1cnn2-c1cccc(C(=O)O)c1Cl. The summed E-state index contributed by atoms with van der Waals surface area (Å²) in [5, 5.41) is 13.7. The van der Waals surface area contributed by atoms with Gasteiger partial charge in [-0.2, -0.15) is 9.50 Å². The maximum Gasteiger partial charge on any atom is 0.337 e. The zero-order valence-electron chi connectivity index (χ0n) is 14.5. The second kappa shape index (κ2) is 6.94. The molecule has 3 rings (SSSR count). The molecule has 0 amide bonds. The molecule has 2 aromatic rings. The van der Waals surface area contributed by atoms with E-state index in [9.17, 15) is 14.1 Å². The third-order valence-electron chi connectivity index (χ3n) is 3.81. The summed E-state index contributed by atoms with van der Waals surface area (Å²) in [5.74, 6) is -1.11. The number of benzene rings is 1. The lowest BCUT2D eigenvalue weighted by Gasteiger charge is -2.19. The third-order valence-corrected chi connectivity index (χ3v) is 5.64. The number of fused-ring (bicyclic) bond motifs is 1. The topological polar surface area (TPSA) is 93.8 Å². The zero-order valence-corrected chi connectivity index (χ0v) is 16.1. The smallest absolute Gasteiger partial charge is 0.337 e. The van der Waals surface area contributed by atoms with Crippen molar-refractivity contribution < 1.29 is 18.8 Å². The van der Waals surface area contributed by atoms with Gasteiger partial charge in [-0.3, -0.25) is 0 Å². The molecule has 2 heterocycles. The molecule has 26 heavy (non-hydrogen) atoms. The Morgan fingerprint density at radius 3 is 2.77 bits per heavy atom. The Balaban J connectivity index is 2.08. The van der Waals surface area contributed by atoms with Crippen LogP contribution in [0, 0.1) is 0 Å². The minimum atomic E-state index is -1.42. The average Bonchev–Trinajstić information content (AvgIpc) is 2.99. The fourth-order valence-corrected chi connectivity index (χ4v) is 3.36. The maximum absolute atomic E-state index is 12.3. The van der Waals surface area contributed by atoms with E-state index in [0.717, 1.165) is 5.56 Å². The number of ether oxygens (including phenoxy) is 1. The van der Waals surface area contributed by atoms with Crippen LogP contribution in [0.4, 0.5) is 0 Å². The summed E-state index contributed by atoms with van der Waals surface area (Å²) in [6, 6.07) is 4.72. The summed E-state index contributed by atoms with van der Waals surface area (Å²) >= 11 is 6.26. The third kappa shape index (κ3) is 3.44. The molecule has 0 saturated heterocycles. The van der Waals surface area contributed by atoms with E-state index in [0.29, 0.717) is 17.1 Å². The molecule has 7 nitrogen and oxygen atoms in total. The molecule has 1 aliphatic rings. The van der Waals surface area contributed by atoms with Crippen LogP contribution in [0.5, 0.6) is 0 Å². The first kappa shape index (κ1) is 18.8. The van der Waals surface area contributed by atoms with Crippen LogP contribution in [-0.2, 0) is 22.3 Å². The molecule has 138 valence electrons. The van der Waals surface area contributed by atoms with Gasteiger partial charge in [0, 0.05) is 5.56 Å². The number of halogens is 1. The molecule has 0 saturated carbocycles. The lowest BCUT2D eigenvalue weighted by atomic mass is 10.1. The maximum atomic E-state index is 12.3. The van der Waals surface area contributed by atoms with Crippen molar-refractivity contribution in [1.82, 2.24) is 9.78 Å². The van der Waals surface area contributed by atoms with Crippen molar-refractivity contribution in [2.45, 2.75) is 32.1 Å². The Kier molecular flexibility index (Phi) is 5.01. The van der Waals surface area contributed by atoms with Crippen molar-refractivity contribution in [3.05, 3.63) is 46.2 Å². The fourth-order valence-electron chi connectivity index (χ4n) is 2.44. The predicted octanol–water partition coefficient (Wildman–Crippen LogP) is 3.01. The van der Waals surface area contributed by atoms with Crippen LogP contribution in [0.3, 0.4) is 0 Å². The molecule has 0 fully saturated rings. The quantitative estimate of drug-likeness (QED) is 0.862. The minimum absolute atomic E-state index is 0.00660. The van der Waals surface area contributed by atoms with E-state index in [1.54, 1.807) is 23.0 Å². The van der Waals surface area contributed by atoms with Gasteiger partial charge in [-0.15, -0.1) is 0 Å². The predicted molar refractivity (Wildman–Crippen MR) is 99.6 cm³/mol. The highest BCUT2D eigenvalue weighted by Crippen LogP contribution is 2.28. The molecule has 1 aromatic carbocycles. The molecule has 0 bridgehead atoms. The van der Waals surface area contributed by atoms with Gasteiger partial charge in [-0.25, -0.2) is 13.7 Å². The Morgan fingerprint density at radius 2 is 2.12 bits per heavy atom. The van der Waals surface area contributed by atoms with E-state index < -0.39 is 21.7 Å². The Hall–Kier alpha value is -2.03. The van der Waals surface area contributed by atoms with Crippen LogP contribution in [-0.4, -0.2) is 42.1 Å².